The maximum Gasteiger partial charge on any atom is 0.258 e. The van der Waals surface area contributed by atoms with Crippen molar-refractivity contribution in [3.8, 4) is 11.8 Å². The van der Waals surface area contributed by atoms with E-state index in [1.807, 2.05) is 37.3 Å². The molecule has 0 radical (unpaired) electrons. The van der Waals surface area contributed by atoms with Gasteiger partial charge < -0.3 is 19.5 Å². The minimum Gasteiger partial charge on any atom is -0.468 e. The van der Waals surface area contributed by atoms with Crippen molar-refractivity contribution in [2.75, 3.05) is 0 Å². The Balaban J connectivity index is 1.82. The first-order valence-corrected chi connectivity index (χ1v) is 8.99. The number of furan rings is 1. The molecule has 0 amide bonds. The molecule has 3 aromatic rings. The average Bonchev–Trinajstić information content (AvgIpc) is 3.22. The fraction of sp³-hybridized carbons (Fsp3) is 0.182. The van der Waals surface area contributed by atoms with Gasteiger partial charge in [-0.2, -0.15) is 5.26 Å². The standard InChI is InChI=1S/C22H19N3O3/c1-14-12-18-20(22(26)25(14)10-9-15-6-3-2-4-7-15)19(17-8-5-11-27-17)16(13-23)21(24)28-18/h2-8,11-12,19H,9-10,24H2,1H3/t19-/m0/s1. The summed E-state index contributed by atoms with van der Waals surface area (Å²) < 4.78 is 12.9. The third-order valence-corrected chi connectivity index (χ3v) is 4.98. The predicted octanol–water partition coefficient (Wildman–Crippen LogP) is 3.21. The summed E-state index contributed by atoms with van der Waals surface area (Å²) in [5.74, 6) is 0.174. The number of hydrogen-bond donors (Lipinski definition) is 1. The number of aryl methyl sites for hydroxylation is 2. The molecular formula is C22H19N3O3. The van der Waals surface area contributed by atoms with Gasteiger partial charge in [-0.1, -0.05) is 30.3 Å². The summed E-state index contributed by atoms with van der Waals surface area (Å²) in [6.07, 6.45) is 2.23. The van der Waals surface area contributed by atoms with Crippen LogP contribution in [-0.4, -0.2) is 4.57 Å². The first kappa shape index (κ1) is 17.7. The van der Waals surface area contributed by atoms with E-state index in [-0.39, 0.29) is 17.0 Å². The zero-order valence-electron chi connectivity index (χ0n) is 15.4. The van der Waals surface area contributed by atoms with Crippen LogP contribution in [0.1, 0.15) is 28.5 Å². The Morgan fingerprint density at radius 1 is 1.21 bits per heavy atom. The third-order valence-electron chi connectivity index (χ3n) is 4.98. The number of allylic oxidation sites excluding steroid dienone is 1. The van der Waals surface area contributed by atoms with E-state index < -0.39 is 5.92 Å². The quantitative estimate of drug-likeness (QED) is 0.758. The van der Waals surface area contributed by atoms with Crippen molar-refractivity contribution in [3.05, 3.63) is 99.2 Å². The first-order chi connectivity index (χ1) is 13.6. The molecule has 6 heteroatoms. The smallest absolute Gasteiger partial charge is 0.258 e. The SMILES string of the molecule is Cc1cc2c(c(=O)n1CCc1ccccc1)[C@H](c1ccco1)C(C#N)=C(N)O2. The lowest BCUT2D eigenvalue weighted by Crippen LogP contribution is -2.33. The molecule has 1 aliphatic rings. The molecule has 2 N–H and O–H groups in total. The minimum atomic E-state index is -0.681. The Morgan fingerprint density at radius 2 is 2.00 bits per heavy atom. The van der Waals surface area contributed by atoms with Crippen molar-refractivity contribution >= 4 is 0 Å². The van der Waals surface area contributed by atoms with Crippen LogP contribution in [0.25, 0.3) is 0 Å². The molecule has 0 bridgehead atoms. The Hall–Kier alpha value is -3.72. The summed E-state index contributed by atoms with van der Waals surface area (Å²) in [4.78, 5) is 13.4. The molecule has 0 aliphatic carbocycles. The van der Waals surface area contributed by atoms with Crippen LogP contribution in [0, 0.1) is 18.3 Å². The lowest BCUT2D eigenvalue weighted by molar-refractivity contribution is 0.378. The second-order valence-corrected chi connectivity index (χ2v) is 6.70. The van der Waals surface area contributed by atoms with Gasteiger partial charge in [0.1, 0.15) is 23.2 Å². The molecule has 6 nitrogen and oxygen atoms in total. The Kier molecular flexibility index (Phi) is 4.50. The van der Waals surface area contributed by atoms with E-state index in [0.717, 1.165) is 17.7 Å². The number of fused-ring (bicyclic) bond motifs is 1. The lowest BCUT2D eigenvalue weighted by Gasteiger charge is -2.26. The van der Waals surface area contributed by atoms with Gasteiger partial charge in [-0.25, -0.2) is 0 Å². The van der Waals surface area contributed by atoms with Gasteiger partial charge in [-0.05, 0) is 31.0 Å². The predicted molar refractivity (Wildman–Crippen MR) is 104 cm³/mol. The highest BCUT2D eigenvalue weighted by Crippen LogP contribution is 2.40. The van der Waals surface area contributed by atoms with E-state index in [2.05, 4.69) is 6.07 Å². The normalized spacial score (nSPS) is 15.6. The summed E-state index contributed by atoms with van der Waals surface area (Å²) in [5.41, 5.74) is 8.23. The fourth-order valence-corrected chi connectivity index (χ4v) is 3.59. The molecule has 0 saturated carbocycles. The van der Waals surface area contributed by atoms with Crippen molar-refractivity contribution in [1.29, 1.82) is 5.26 Å². The molecule has 1 aromatic carbocycles. The molecule has 1 atom stereocenters. The number of nitrogens with zero attached hydrogens (tertiary/aromatic N) is 2. The van der Waals surface area contributed by atoms with E-state index in [4.69, 9.17) is 14.9 Å². The Bertz CT molecular complexity index is 1140. The molecule has 0 fully saturated rings. The van der Waals surface area contributed by atoms with Crippen LogP contribution in [0.2, 0.25) is 0 Å². The topological polar surface area (TPSA) is 94.2 Å². The van der Waals surface area contributed by atoms with E-state index in [1.165, 1.54) is 6.26 Å². The number of rotatable bonds is 4. The first-order valence-electron chi connectivity index (χ1n) is 8.99. The van der Waals surface area contributed by atoms with Gasteiger partial charge in [0.2, 0.25) is 5.88 Å². The highest BCUT2D eigenvalue weighted by molar-refractivity contribution is 5.53. The van der Waals surface area contributed by atoms with Crippen LogP contribution < -0.4 is 16.0 Å². The molecule has 0 spiro atoms. The molecule has 0 saturated heterocycles. The summed E-state index contributed by atoms with van der Waals surface area (Å²) >= 11 is 0. The van der Waals surface area contributed by atoms with Crippen molar-refractivity contribution in [1.82, 2.24) is 4.57 Å². The van der Waals surface area contributed by atoms with Gasteiger partial charge in [-0.3, -0.25) is 4.79 Å². The highest BCUT2D eigenvalue weighted by atomic mass is 16.5. The van der Waals surface area contributed by atoms with Crippen LogP contribution in [0.4, 0.5) is 0 Å². The summed E-state index contributed by atoms with van der Waals surface area (Å²) in [7, 11) is 0. The average molecular weight is 373 g/mol. The van der Waals surface area contributed by atoms with E-state index in [1.54, 1.807) is 22.8 Å². The minimum absolute atomic E-state index is 0.00256. The summed E-state index contributed by atoms with van der Waals surface area (Å²) in [6.45, 7) is 2.38. The van der Waals surface area contributed by atoms with Gasteiger partial charge >= 0.3 is 0 Å². The van der Waals surface area contributed by atoms with Gasteiger partial charge in [0, 0.05) is 18.3 Å². The maximum absolute atomic E-state index is 13.4. The van der Waals surface area contributed by atoms with E-state index >= 15 is 0 Å². The van der Waals surface area contributed by atoms with Crippen molar-refractivity contribution in [2.24, 2.45) is 5.73 Å². The number of benzene rings is 1. The van der Waals surface area contributed by atoms with E-state index in [0.29, 0.717) is 23.6 Å². The monoisotopic (exact) mass is 373 g/mol. The summed E-state index contributed by atoms with van der Waals surface area (Å²) in [6, 6.07) is 17.3. The number of hydrogen-bond acceptors (Lipinski definition) is 5. The van der Waals surface area contributed by atoms with Crippen LogP contribution >= 0.6 is 0 Å². The second-order valence-electron chi connectivity index (χ2n) is 6.70. The van der Waals surface area contributed by atoms with Crippen molar-refractivity contribution in [3.63, 3.8) is 0 Å². The number of pyridine rings is 1. The Morgan fingerprint density at radius 3 is 2.68 bits per heavy atom. The molecule has 0 unspecified atom stereocenters. The zero-order valence-corrected chi connectivity index (χ0v) is 15.4. The highest BCUT2D eigenvalue weighted by Gasteiger charge is 2.35. The lowest BCUT2D eigenvalue weighted by atomic mass is 9.88. The Labute approximate surface area is 162 Å². The largest absolute Gasteiger partial charge is 0.468 e. The van der Waals surface area contributed by atoms with Gasteiger partial charge in [0.15, 0.2) is 0 Å². The van der Waals surface area contributed by atoms with Gasteiger partial charge in [-0.15, -0.1) is 0 Å². The molecule has 140 valence electrons. The number of nitriles is 1. The van der Waals surface area contributed by atoms with Crippen LogP contribution in [0.5, 0.6) is 5.75 Å². The molecule has 28 heavy (non-hydrogen) atoms. The maximum atomic E-state index is 13.4. The van der Waals surface area contributed by atoms with Crippen LogP contribution in [0.3, 0.4) is 0 Å². The van der Waals surface area contributed by atoms with E-state index in [9.17, 15) is 10.1 Å². The molecule has 2 aromatic heterocycles. The second kappa shape index (κ2) is 7.12. The number of ether oxygens (including phenoxy) is 1. The molecule has 3 heterocycles. The molecule has 1 aliphatic heterocycles. The third kappa shape index (κ3) is 2.97. The van der Waals surface area contributed by atoms with Crippen molar-refractivity contribution in [2.45, 2.75) is 25.8 Å². The van der Waals surface area contributed by atoms with Crippen LogP contribution in [0.15, 0.2) is 75.5 Å². The van der Waals surface area contributed by atoms with Gasteiger partial charge in [0.25, 0.3) is 5.56 Å². The summed E-state index contributed by atoms with van der Waals surface area (Å²) in [5, 5.41) is 9.60. The number of aromatic nitrogens is 1. The number of nitrogens with two attached hydrogens (primary N) is 1. The fourth-order valence-electron chi connectivity index (χ4n) is 3.59. The molecular weight excluding hydrogens is 354 g/mol. The molecule has 4 rings (SSSR count). The van der Waals surface area contributed by atoms with Gasteiger partial charge in [0.05, 0.1) is 17.7 Å². The zero-order chi connectivity index (χ0) is 19.7. The van der Waals surface area contributed by atoms with Crippen LogP contribution in [-0.2, 0) is 13.0 Å². The van der Waals surface area contributed by atoms with Crippen molar-refractivity contribution < 1.29 is 9.15 Å².